The largest absolute Gasteiger partial charge is 0.394 e. The molecule has 68 heavy (non-hydrogen) atoms. The van der Waals surface area contributed by atoms with Crippen molar-refractivity contribution in [1.82, 2.24) is 5.32 Å². The van der Waals surface area contributed by atoms with Gasteiger partial charge < -0.3 is 40.3 Å². The van der Waals surface area contributed by atoms with Crippen LogP contribution in [0.3, 0.4) is 0 Å². The quantitative estimate of drug-likeness (QED) is 0.0261. The maximum absolute atomic E-state index is 13.1. The first kappa shape index (κ1) is 63.9. The van der Waals surface area contributed by atoms with Crippen LogP contribution in [0, 0.1) is 0 Å². The van der Waals surface area contributed by atoms with Crippen LogP contribution < -0.4 is 5.32 Å². The van der Waals surface area contributed by atoms with Crippen molar-refractivity contribution in [2.45, 2.75) is 294 Å². The summed E-state index contributed by atoms with van der Waals surface area (Å²) in [4.78, 5) is 13.1. The van der Waals surface area contributed by atoms with Crippen molar-refractivity contribution in [1.29, 1.82) is 0 Å². The van der Waals surface area contributed by atoms with Gasteiger partial charge in [0.25, 0.3) is 0 Å². The van der Waals surface area contributed by atoms with Gasteiger partial charge in [0.2, 0.25) is 5.91 Å². The average Bonchev–Trinajstić information content (AvgIpc) is 3.34. The minimum atomic E-state index is -1.56. The highest BCUT2D eigenvalue weighted by Gasteiger charge is 2.44. The number of carbonyl (C=O) groups is 1. The first-order valence-electron chi connectivity index (χ1n) is 28.5. The fourth-order valence-electron chi connectivity index (χ4n) is 8.90. The Kier molecular flexibility index (Phi) is 45.6. The Balaban J connectivity index is 2.21. The van der Waals surface area contributed by atoms with Crippen LogP contribution in [0.5, 0.6) is 0 Å². The molecule has 0 aromatic carbocycles. The third-order valence-electron chi connectivity index (χ3n) is 13.4. The molecular weight excluding hydrogens is 851 g/mol. The molecule has 0 bridgehead atoms. The molecule has 1 heterocycles. The summed E-state index contributed by atoms with van der Waals surface area (Å²) >= 11 is 0. The minimum Gasteiger partial charge on any atom is -0.394 e. The number of hydrogen-bond donors (Lipinski definition) is 6. The molecule has 1 amide bonds. The maximum atomic E-state index is 13.1. The Bertz CT molecular complexity index is 1250. The number of hydrogen-bond acceptors (Lipinski definition) is 8. The van der Waals surface area contributed by atoms with Gasteiger partial charge in [0.1, 0.15) is 24.4 Å². The lowest BCUT2D eigenvalue weighted by atomic mass is 9.99. The van der Waals surface area contributed by atoms with Crippen molar-refractivity contribution < 1.29 is 39.8 Å². The predicted octanol–water partition coefficient (Wildman–Crippen LogP) is 13.9. The fourth-order valence-corrected chi connectivity index (χ4v) is 8.90. The number of rotatable bonds is 48. The van der Waals surface area contributed by atoms with E-state index in [2.05, 4.69) is 79.9 Å². The van der Waals surface area contributed by atoms with Crippen molar-refractivity contribution >= 4 is 5.91 Å². The number of aliphatic hydroxyl groups excluding tert-OH is 5. The minimum absolute atomic E-state index is 0.140. The van der Waals surface area contributed by atoms with Crippen molar-refractivity contribution in [3.8, 4) is 0 Å². The molecule has 1 rings (SSSR count). The Morgan fingerprint density at radius 3 is 1.35 bits per heavy atom. The van der Waals surface area contributed by atoms with Crippen LogP contribution in [-0.4, -0.2) is 87.5 Å². The summed E-state index contributed by atoms with van der Waals surface area (Å²) in [7, 11) is 0. The molecule has 0 saturated carbocycles. The number of carbonyl (C=O) groups excluding carboxylic acids is 1. The SMILES string of the molecule is CC/C=C\C/C=C\C/C=C\C/C=C\C/C=C\CCCCCCCCCCCCCC(=O)NC(COC1OC(CO)C(O)C(O)C1O)C(O)CCCCCCCCCCCCCCCCCCCC. The predicted molar refractivity (Wildman–Crippen MR) is 286 cm³/mol. The van der Waals surface area contributed by atoms with Gasteiger partial charge in [-0.25, -0.2) is 0 Å². The molecule has 1 saturated heterocycles. The molecule has 6 N–H and O–H groups in total. The first-order valence-corrected chi connectivity index (χ1v) is 28.5. The zero-order valence-electron chi connectivity index (χ0n) is 43.9. The number of nitrogens with one attached hydrogen (secondary N) is 1. The molecule has 1 fully saturated rings. The summed E-state index contributed by atoms with van der Waals surface area (Å²) in [6.45, 7) is 3.74. The molecule has 9 nitrogen and oxygen atoms in total. The summed E-state index contributed by atoms with van der Waals surface area (Å²) < 4.78 is 11.3. The summed E-state index contributed by atoms with van der Waals surface area (Å²) in [6.07, 6.45) is 58.1. The second-order valence-electron chi connectivity index (χ2n) is 19.7. The van der Waals surface area contributed by atoms with Crippen molar-refractivity contribution in [3.05, 3.63) is 60.8 Å². The number of amides is 1. The normalized spacial score (nSPS) is 20.0. The highest BCUT2D eigenvalue weighted by molar-refractivity contribution is 5.76. The van der Waals surface area contributed by atoms with Crippen LogP contribution >= 0.6 is 0 Å². The van der Waals surface area contributed by atoms with Crippen molar-refractivity contribution in [2.75, 3.05) is 13.2 Å². The van der Waals surface area contributed by atoms with Crippen LogP contribution in [-0.2, 0) is 14.3 Å². The highest BCUT2D eigenvalue weighted by Crippen LogP contribution is 2.23. The van der Waals surface area contributed by atoms with E-state index >= 15 is 0 Å². The Morgan fingerprint density at radius 2 is 0.912 bits per heavy atom. The fraction of sp³-hybridized carbons (Fsp3) is 0.814. The average molecular weight is 959 g/mol. The smallest absolute Gasteiger partial charge is 0.220 e. The van der Waals surface area contributed by atoms with Crippen molar-refractivity contribution in [3.63, 3.8) is 0 Å². The highest BCUT2D eigenvalue weighted by atomic mass is 16.7. The van der Waals surface area contributed by atoms with E-state index in [9.17, 15) is 30.3 Å². The molecule has 0 aromatic heterocycles. The first-order chi connectivity index (χ1) is 33.3. The van der Waals surface area contributed by atoms with Crippen LogP contribution in [0.15, 0.2) is 60.8 Å². The number of unbranched alkanes of at least 4 members (excludes halogenated alkanes) is 28. The van der Waals surface area contributed by atoms with Gasteiger partial charge in [0.15, 0.2) is 6.29 Å². The third kappa shape index (κ3) is 37.7. The number of allylic oxidation sites excluding steroid dienone is 10. The van der Waals surface area contributed by atoms with Crippen LogP contribution in [0.25, 0.3) is 0 Å². The molecule has 1 aliphatic rings. The monoisotopic (exact) mass is 958 g/mol. The lowest BCUT2D eigenvalue weighted by Crippen LogP contribution is -2.60. The molecule has 0 aromatic rings. The van der Waals surface area contributed by atoms with Gasteiger partial charge in [-0.15, -0.1) is 0 Å². The molecule has 0 spiro atoms. The van der Waals surface area contributed by atoms with E-state index < -0.39 is 49.5 Å². The molecule has 7 unspecified atom stereocenters. The van der Waals surface area contributed by atoms with Crippen molar-refractivity contribution in [2.24, 2.45) is 0 Å². The molecule has 396 valence electrons. The van der Waals surface area contributed by atoms with Gasteiger partial charge in [-0.1, -0.05) is 248 Å². The van der Waals surface area contributed by atoms with Gasteiger partial charge >= 0.3 is 0 Å². The van der Waals surface area contributed by atoms with Gasteiger partial charge in [0.05, 0.1) is 25.4 Å². The van der Waals surface area contributed by atoms with Crippen LogP contribution in [0.1, 0.15) is 251 Å². The molecule has 9 heteroatoms. The summed E-state index contributed by atoms with van der Waals surface area (Å²) in [5.41, 5.74) is 0. The Labute approximate surface area is 417 Å². The van der Waals surface area contributed by atoms with E-state index in [-0.39, 0.29) is 12.5 Å². The molecule has 1 aliphatic heterocycles. The molecule has 0 radical (unpaired) electrons. The van der Waals surface area contributed by atoms with Crippen LogP contribution in [0.4, 0.5) is 0 Å². The van der Waals surface area contributed by atoms with Gasteiger partial charge in [-0.3, -0.25) is 4.79 Å². The van der Waals surface area contributed by atoms with Gasteiger partial charge in [0, 0.05) is 6.42 Å². The van der Waals surface area contributed by atoms with Crippen LogP contribution in [0.2, 0.25) is 0 Å². The second-order valence-corrected chi connectivity index (χ2v) is 19.7. The Hall–Kier alpha value is -2.11. The van der Waals surface area contributed by atoms with E-state index in [1.807, 2.05) is 0 Å². The number of aliphatic hydroxyl groups is 5. The lowest BCUT2D eigenvalue weighted by Gasteiger charge is -2.40. The van der Waals surface area contributed by atoms with Gasteiger partial charge in [-0.2, -0.15) is 0 Å². The maximum Gasteiger partial charge on any atom is 0.220 e. The Morgan fingerprint density at radius 1 is 0.515 bits per heavy atom. The van der Waals surface area contributed by atoms with E-state index in [4.69, 9.17) is 9.47 Å². The zero-order valence-corrected chi connectivity index (χ0v) is 43.9. The van der Waals surface area contributed by atoms with E-state index in [0.29, 0.717) is 12.8 Å². The summed E-state index contributed by atoms with van der Waals surface area (Å²) in [5.74, 6) is -0.148. The van der Waals surface area contributed by atoms with E-state index in [0.717, 1.165) is 70.6 Å². The van der Waals surface area contributed by atoms with Gasteiger partial charge in [-0.05, 0) is 57.8 Å². The third-order valence-corrected chi connectivity index (χ3v) is 13.4. The molecular formula is C59H107NO8. The standard InChI is InChI=1S/C59H107NO8/c1-3-5-7-9-11-13-15-17-19-21-23-24-25-26-27-28-29-30-31-33-35-37-39-41-43-45-47-49-55(63)60-52(51-67-59-58(66)57(65)56(64)54(50-61)68-59)53(62)48-46-44-42-40-38-36-34-32-22-20-18-16-14-12-10-8-6-4-2/h5,7,11,13,17,19,23-24,26-27,52-54,56-59,61-62,64-66H,3-4,6,8-10,12,14-16,18,20-22,25,28-51H2,1-2H3,(H,60,63)/b7-5-,13-11-,19-17-,24-23-,27-26-. The lowest BCUT2D eigenvalue weighted by molar-refractivity contribution is -0.302. The summed E-state index contributed by atoms with van der Waals surface area (Å²) in [5, 5.41) is 54.7. The molecule has 7 atom stereocenters. The summed E-state index contributed by atoms with van der Waals surface area (Å²) in [6, 6.07) is -0.723. The second kappa shape index (κ2) is 48.5. The van der Waals surface area contributed by atoms with E-state index in [1.165, 1.54) is 154 Å². The zero-order chi connectivity index (χ0) is 49.4. The van der Waals surface area contributed by atoms with E-state index in [1.54, 1.807) is 0 Å². The molecule has 0 aliphatic carbocycles. The topological polar surface area (TPSA) is 149 Å². The number of ether oxygens (including phenoxy) is 2.